The molecule has 6 heteroatoms. The van der Waals surface area contributed by atoms with E-state index in [-0.39, 0.29) is 5.11 Å². The third-order valence-electron chi connectivity index (χ3n) is 1.88. The number of rotatable bonds is 3. The van der Waals surface area contributed by atoms with E-state index < -0.39 is 5.97 Å². The molecule has 1 aromatic rings. The number of hydrogen-bond donors (Lipinski definition) is 2. The Balaban J connectivity index is 3.10. The summed E-state index contributed by atoms with van der Waals surface area (Å²) in [6, 6.07) is 4.78. The molecule has 0 saturated carbocycles. The summed E-state index contributed by atoms with van der Waals surface area (Å²) in [6.45, 7) is 0. The molecule has 5 nitrogen and oxygen atoms in total. The van der Waals surface area contributed by atoms with Gasteiger partial charge in [0.2, 0.25) is 0 Å². The molecule has 1 aromatic carbocycles. The Morgan fingerprint density at radius 2 is 2.12 bits per heavy atom. The third-order valence-corrected chi connectivity index (χ3v) is 1.98. The Morgan fingerprint density at radius 1 is 1.44 bits per heavy atom. The van der Waals surface area contributed by atoms with E-state index in [0.29, 0.717) is 17.0 Å². The predicted molar refractivity (Wildman–Crippen MR) is 64.7 cm³/mol. The molecule has 0 heterocycles. The summed E-state index contributed by atoms with van der Waals surface area (Å²) in [6.07, 6.45) is 0. The predicted octanol–water partition coefficient (Wildman–Crippen LogP) is 1.14. The van der Waals surface area contributed by atoms with E-state index in [1.807, 2.05) is 0 Å². The number of carbonyl (C=O) groups is 1. The van der Waals surface area contributed by atoms with Gasteiger partial charge in [-0.2, -0.15) is 0 Å². The van der Waals surface area contributed by atoms with Gasteiger partial charge in [-0.15, -0.1) is 0 Å². The van der Waals surface area contributed by atoms with E-state index in [4.69, 9.17) is 22.7 Å². The van der Waals surface area contributed by atoms with Crippen LogP contribution < -0.4 is 15.8 Å². The van der Waals surface area contributed by atoms with Gasteiger partial charge in [0.15, 0.2) is 5.11 Å². The van der Waals surface area contributed by atoms with E-state index in [0.717, 1.165) is 0 Å². The maximum atomic E-state index is 11.3. The summed E-state index contributed by atoms with van der Waals surface area (Å²) in [5.74, 6) is 0.106. The number of esters is 1. The van der Waals surface area contributed by atoms with Crippen molar-refractivity contribution in [2.45, 2.75) is 0 Å². The van der Waals surface area contributed by atoms with Crippen LogP contribution in [0.15, 0.2) is 18.2 Å². The van der Waals surface area contributed by atoms with Gasteiger partial charge in [-0.1, -0.05) is 0 Å². The Bertz CT molecular complexity index is 421. The second kappa shape index (κ2) is 5.32. The van der Waals surface area contributed by atoms with Gasteiger partial charge in [0.1, 0.15) is 5.75 Å². The summed E-state index contributed by atoms with van der Waals surface area (Å²) >= 11 is 4.72. The molecule has 3 N–H and O–H groups in total. The highest BCUT2D eigenvalue weighted by atomic mass is 32.1. The van der Waals surface area contributed by atoms with Crippen molar-refractivity contribution in [1.29, 1.82) is 0 Å². The number of hydrogen-bond acceptors (Lipinski definition) is 4. The van der Waals surface area contributed by atoms with Crippen LogP contribution in [-0.2, 0) is 4.74 Å². The van der Waals surface area contributed by atoms with Crippen LogP contribution in [0.1, 0.15) is 10.4 Å². The van der Waals surface area contributed by atoms with Crippen LogP contribution in [0.4, 0.5) is 5.69 Å². The maximum Gasteiger partial charge on any atom is 0.337 e. The maximum absolute atomic E-state index is 11.3. The van der Waals surface area contributed by atoms with E-state index in [9.17, 15) is 4.79 Å². The molecular formula is C10H12N2O3S. The van der Waals surface area contributed by atoms with Crippen LogP contribution >= 0.6 is 12.2 Å². The summed E-state index contributed by atoms with van der Waals surface area (Å²) in [7, 11) is 2.82. The number of nitrogens with two attached hydrogens (primary N) is 1. The van der Waals surface area contributed by atoms with Crippen molar-refractivity contribution >= 4 is 29.0 Å². The second-order valence-electron chi connectivity index (χ2n) is 2.90. The van der Waals surface area contributed by atoms with Gasteiger partial charge in [-0.25, -0.2) is 4.79 Å². The zero-order valence-corrected chi connectivity index (χ0v) is 9.76. The molecule has 0 atom stereocenters. The average Bonchev–Trinajstić information content (AvgIpc) is 2.27. The van der Waals surface area contributed by atoms with Crippen molar-refractivity contribution in [2.24, 2.45) is 5.73 Å². The van der Waals surface area contributed by atoms with Crippen LogP contribution in [-0.4, -0.2) is 25.3 Å². The fraction of sp³-hybridized carbons (Fsp3) is 0.200. The lowest BCUT2D eigenvalue weighted by Crippen LogP contribution is -2.19. The molecule has 0 amide bonds. The van der Waals surface area contributed by atoms with Crippen molar-refractivity contribution in [3.05, 3.63) is 23.8 Å². The molecular weight excluding hydrogens is 228 g/mol. The Morgan fingerprint density at radius 3 is 2.62 bits per heavy atom. The first kappa shape index (κ1) is 12.3. The number of ether oxygens (including phenoxy) is 2. The molecule has 0 bridgehead atoms. The first-order chi connectivity index (χ1) is 7.58. The molecule has 86 valence electrons. The summed E-state index contributed by atoms with van der Waals surface area (Å²) < 4.78 is 9.68. The molecule has 0 fully saturated rings. The van der Waals surface area contributed by atoms with Crippen LogP contribution in [0.2, 0.25) is 0 Å². The quantitative estimate of drug-likeness (QED) is 0.609. The van der Waals surface area contributed by atoms with Crippen LogP contribution in [0, 0.1) is 0 Å². The molecule has 0 spiro atoms. The van der Waals surface area contributed by atoms with Crippen LogP contribution in [0.25, 0.3) is 0 Å². The van der Waals surface area contributed by atoms with Crippen molar-refractivity contribution in [1.82, 2.24) is 0 Å². The lowest BCUT2D eigenvalue weighted by Gasteiger charge is -2.10. The van der Waals surface area contributed by atoms with Crippen LogP contribution in [0.3, 0.4) is 0 Å². The number of thiocarbonyl (C=S) groups is 1. The molecule has 0 radical (unpaired) electrons. The van der Waals surface area contributed by atoms with E-state index in [1.54, 1.807) is 18.2 Å². The number of nitrogens with one attached hydrogen (secondary N) is 1. The minimum absolute atomic E-state index is 0.0975. The van der Waals surface area contributed by atoms with Gasteiger partial charge in [-0.05, 0) is 30.4 Å². The van der Waals surface area contributed by atoms with Gasteiger partial charge in [0.05, 0.1) is 25.5 Å². The Hall–Kier alpha value is -1.82. The molecule has 1 rings (SSSR count). The zero-order chi connectivity index (χ0) is 12.1. The average molecular weight is 240 g/mol. The van der Waals surface area contributed by atoms with Gasteiger partial charge in [0.25, 0.3) is 0 Å². The van der Waals surface area contributed by atoms with Gasteiger partial charge < -0.3 is 20.5 Å². The topological polar surface area (TPSA) is 73.6 Å². The van der Waals surface area contributed by atoms with Crippen molar-refractivity contribution in [2.75, 3.05) is 19.5 Å². The lowest BCUT2D eigenvalue weighted by molar-refractivity contribution is 0.0601. The van der Waals surface area contributed by atoms with E-state index >= 15 is 0 Å². The zero-order valence-electron chi connectivity index (χ0n) is 8.94. The minimum atomic E-state index is -0.436. The SMILES string of the molecule is COC(=O)c1ccc(OC)c(NC(N)=S)c1. The number of carbonyl (C=O) groups excluding carboxylic acids is 1. The van der Waals surface area contributed by atoms with E-state index in [1.165, 1.54) is 14.2 Å². The fourth-order valence-electron chi connectivity index (χ4n) is 1.18. The van der Waals surface area contributed by atoms with Gasteiger partial charge >= 0.3 is 5.97 Å². The molecule has 16 heavy (non-hydrogen) atoms. The molecule has 0 aliphatic rings. The highest BCUT2D eigenvalue weighted by molar-refractivity contribution is 7.80. The molecule has 0 aromatic heterocycles. The summed E-state index contributed by atoms with van der Waals surface area (Å²) in [5, 5.41) is 2.82. The van der Waals surface area contributed by atoms with E-state index in [2.05, 4.69) is 10.1 Å². The van der Waals surface area contributed by atoms with Crippen molar-refractivity contribution in [3.8, 4) is 5.75 Å². The Labute approximate surface area is 98.5 Å². The van der Waals surface area contributed by atoms with Gasteiger partial charge in [-0.3, -0.25) is 0 Å². The highest BCUT2D eigenvalue weighted by Gasteiger charge is 2.10. The molecule has 0 saturated heterocycles. The highest BCUT2D eigenvalue weighted by Crippen LogP contribution is 2.25. The molecule has 0 aliphatic heterocycles. The van der Waals surface area contributed by atoms with Crippen molar-refractivity contribution < 1.29 is 14.3 Å². The summed E-state index contributed by atoms with van der Waals surface area (Å²) in [5.41, 5.74) is 6.27. The minimum Gasteiger partial charge on any atom is -0.495 e. The first-order valence-corrected chi connectivity index (χ1v) is 4.82. The van der Waals surface area contributed by atoms with Gasteiger partial charge in [0, 0.05) is 0 Å². The standard InChI is InChI=1S/C10H12N2O3S/c1-14-8-4-3-6(9(13)15-2)5-7(8)12-10(11)16/h3-5H,1-2H3,(H3,11,12,16). The first-order valence-electron chi connectivity index (χ1n) is 4.41. The number of anilines is 1. The molecule has 0 unspecified atom stereocenters. The number of methoxy groups -OCH3 is 2. The van der Waals surface area contributed by atoms with Crippen LogP contribution in [0.5, 0.6) is 5.75 Å². The second-order valence-corrected chi connectivity index (χ2v) is 3.34. The lowest BCUT2D eigenvalue weighted by atomic mass is 10.2. The molecule has 0 aliphatic carbocycles. The smallest absolute Gasteiger partial charge is 0.337 e. The summed E-state index contributed by atoms with van der Waals surface area (Å²) in [4.78, 5) is 11.3. The van der Waals surface area contributed by atoms with Crippen molar-refractivity contribution in [3.63, 3.8) is 0 Å². The third kappa shape index (κ3) is 2.83. The monoisotopic (exact) mass is 240 g/mol. The largest absolute Gasteiger partial charge is 0.495 e. The Kier molecular flexibility index (Phi) is 4.07. The number of benzene rings is 1. The fourth-order valence-corrected chi connectivity index (χ4v) is 1.29. The normalized spacial score (nSPS) is 9.38.